The molecule has 0 bridgehead atoms. The molecule has 164 valence electrons. The highest BCUT2D eigenvalue weighted by atomic mass is 32.2. The van der Waals surface area contributed by atoms with Gasteiger partial charge in [-0.1, -0.05) is 11.3 Å². The fourth-order valence-electron chi connectivity index (χ4n) is 3.15. The van der Waals surface area contributed by atoms with Crippen molar-refractivity contribution in [2.75, 3.05) is 17.8 Å². The van der Waals surface area contributed by atoms with Gasteiger partial charge in [0.15, 0.2) is 5.13 Å². The molecule has 2 aromatic heterocycles. The lowest BCUT2D eigenvalue weighted by atomic mass is 10.2. The number of benzene rings is 2. The zero-order chi connectivity index (χ0) is 22.3. The van der Waals surface area contributed by atoms with Crippen LogP contribution in [0.25, 0.3) is 10.2 Å². The van der Waals surface area contributed by atoms with Crippen molar-refractivity contribution in [2.24, 2.45) is 0 Å². The fraction of sp³-hybridized carbons (Fsp3) is 0.208. The van der Waals surface area contributed by atoms with E-state index < -0.39 is 0 Å². The normalized spacial score (nSPS) is 10.9. The van der Waals surface area contributed by atoms with E-state index in [1.165, 1.54) is 23.5 Å². The lowest BCUT2D eigenvalue weighted by Gasteiger charge is -2.20. The summed E-state index contributed by atoms with van der Waals surface area (Å²) in [7, 11) is 1.63. The maximum Gasteiger partial charge on any atom is 0.229 e. The van der Waals surface area contributed by atoms with Crippen molar-refractivity contribution < 1.29 is 13.9 Å². The second-order valence-electron chi connectivity index (χ2n) is 7.07. The van der Waals surface area contributed by atoms with Gasteiger partial charge in [-0.2, -0.15) is 0 Å². The molecule has 2 heterocycles. The number of ether oxygens (including phenoxy) is 1. The Morgan fingerprint density at radius 1 is 1.12 bits per heavy atom. The molecule has 0 aliphatic heterocycles. The zero-order valence-electron chi connectivity index (χ0n) is 17.5. The molecule has 5 nitrogen and oxygen atoms in total. The number of halogens is 1. The Labute approximate surface area is 194 Å². The maximum absolute atomic E-state index is 13.2. The van der Waals surface area contributed by atoms with E-state index >= 15 is 0 Å². The molecule has 1 amide bonds. The molecule has 0 saturated carbocycles. The second kappa shape index (κ2) is 10.6. The topological polar surface area (TPSA) is 55.3 Å². The third-order valence-electron chi connectivity index (χ3n) is 4.82. The van der Waals surface area contributed by atoms with Crippen molar-refractivity contribution in [3.63, 3.8) is 0 Å². The van der Waals surface area contributed by atoms with Crippen LogP contribution < -0.4 is 9.64 Å². The Balaban J connectivity index is 1.47. The van der Waals surface area contributed by atoms with Crippen LogP contribution in [0.3, 0.4) is 0 Å². The molecule has 8 heteroatoms. The summed E-state index contributed by atoms with van der Waals surface area (Å²) in [5, 5.41) is 0.668. The first kappa shape index (κ1) is 22.2. The quantitative estimate of drug-likeness (QED) is 0.225. The number of thioether (sulfide) groups is 1. The number of aromatic nitrogens is 2. The van der Waals surface area contributed by atoms with E-state index in [2.05, 4.69) is 4.98 Å². The minimum absolute atomic E-state index is 0.0209. The number of methoxy groups -OCH3 is 1. The zero-order valence-corrected chi connectivity index (χ0v) is 19.2. The first-order valence-electron chi connectivity index (χ1n) is 10.1. The van der Waals surface area contributed by atoms with Gasteiger partial charge in [0, 0.05) is 23.7 Å². The van der Waals surface area contributed by atoms with Crippen LogP contribution in [0.15, 0.2) is 71.9 Å². The van der Waals surface area contributed by atoms with Crippen LogP contribution in [-0.2, 0) is 11.3 Å². The summed E-state index contributed by atoms with van der Waals surface area (Å²) in [5.41, 5.74) is 1.83. The molecule has 0 unspecified atom stereocenters. The largest absolute Gasteiger partial charge is 0.497 e. The number of anilines is 1. The van der Waals surface area contributed by atoms with Crippen LogP contribution in [0.5, 0.6) is 5.75 Å². The molecule has 0 saturated heterocycles. The van der Waals surface area contributed by atoms with Gasteiger partial charge in [0.1, 0.15) is 11.6 Å². The van der Waals surface area contributed by atoms with Gasteiger partial charge in [-0.05, 0) is 72.3 Å². The third kappa shape index (κ3) is 5.63. The monoisotopic (exact) mass is 467 g/mol. The van der Waals surface area contributed by atoms with Crippen LogP contribution in [0, 0.1) is 5.82 Å². The number of carbonyl (C=O) groups excluding carboxylic acids is 1. The van der Waals surface area contributed by atoms with Gasteiger partial charge in [-0.3, -0.25) is 14.7 Å². The van der Waals surface area contributed by atoms with Crippen LogP contribution >= 0.6 is 23.1 Å². The maximum atomic E-state index is 13.2. The van der Waals surface area contributed by atoms with Gasteiger partial charge in [0.2, 0.25) is 5.91 Å². The van der Waals surface area contributed by atoms with Crippen molar-refractivity contribution in [3.05, 3.63) is 78.4 Å². The molecule has 0 fully saturated rings. The molecule has 0 spiro atoms. The van der Waals surface area contributed by atoms with Gasteiger partial charge < -0.3 is 4.74 Å². The summed E-state index contributed by atoms with van der Waals surface area (Å²) in [6.07, 6.45) is 4.56. The van der Waals surface area contributed by atoms with Gasteiger partial charge >= 0.3 is 0 Å². The number of pyridine rings is 1. The minimum atomic E-state index is -0.246. The van der Waals surface area contributed by atoms with Gasteiger partial charge in [-0.15, -0.1) is 11.8 Å². The summed E-state index contributed by atoms with van der Waals surface area (Å²) >= 11 is 3.10. The van der Waals surface area contributed by atoms with E-state index in [4.69, 9.17) is 9.72 Å². The van der Waals surface area contributed by atoms with Gasteiger partial charge in [0.25, 0.3) is 0 Å². The molecule has 0 aliphatic carbocycles. The van der Waals surface area contributed by atoms with Crippen molar-refractivity contribution in [2.45, 2.75) is 24.3 Å². The molecule has 4 rings (SSSR count). The molecule has 2 aromatic carbocycles. The molecular formula is C24H22FN3O2S2. The minimum Gasteiger partial charge on any atom is -0.497 e. The van der Waals surface area contributed by atoms with E-state index in [1.807, 2.05) is 30.3 Å². The van der Waals surface area contributed by atoms with Crippen molar-refractivity contribution in [1.82, 2.24) is 9.97 Å². The predicted octanol–water partition coefficient (Wildman–Crippen LogP) is 5.94. The fourth-order valence-corrected chi connectivity index (χ4v) is 5.01. The molecule has 0 radical (unpaired) electrons. The Bertz CT molecular complexity index is 1180. The number of carbonyl (C=O) groups is 1. The molecule has 0 atom stereocenters. The summed E-state index contributed by atoms with van der Waals surface area (Å²) < 4.78 is 19.3. The number of nitrogens with zero attached hydrogens (tertiary/aromatic N) is 3. The Morgan fingerprint density at radius 2 is 1.91 bits per heavy atom. The lowest BCUT2D eigenvalue weighted by Crippen LogP contribution is -2.30. The molecule has 32 heavy (non-hydrogen) atoms. The average Bonchev–Trinajstić information content (AvgIpc) is 3.25. The highest BCUT2D eigenvalue weighted by Gasteiger charge is 2.20. The smallest absolute Gasteiger partial charge is 0.229 e. The molecule has 0 N–H and O–H groups in total. The van der Waals surface area contributed by atoms with E-state index in [1.54, 1.807) is 48.3 Å². The van der Waals surface area contributed by atoms with Gasteiger partial charge in [-0.25, -0.2) is 9.37 Å². The highest BCUT2D eigenvalue weighted by molar-refractivity contribution is 7.99. The van der Waals surface area contributed by atoms with Crippen LogP contribution in [-0.4, -0.2) is 28.7 Å². The standard InChI is InChI=1S/C24H22FN3O2S2/c1-30-19-6-9-21-22(15-19)32-24(27-21)28(16-17-10-12-26-13-11-17)23(29)3-2-14-31-20-7-4-18(25)5-8-20/h4-13,15H,2-3,14,16H2,1H3. The number of thiazole rings is 1. The summed E-state index contributed by atoms with van der Waals surface area (Å²) in [6, 6.07) is 15.9. The van der Waals surface area contributed by atoms with Gasteiger partial charge in [0.05, 0.1) is 23.9 Å². The number of hydrogen-bond acceptors (Lipinski definition) is 6. The summed E-state index contributed by atoms with van der Waals surface area (Å²) in [6.45, 7) is 0.434. The Morgan fingerprint density at radius 3 is 2.66 bits per heavy atom. The third-order valence-corrected chi connectivity index (χ3v) is 6.96. The number of rotatable bonds is 9. The lowest BCUT2D eigenvalue weighted by molar-refractivity contribution is -0.118. The van der Waals surface area contributed by atoms with E-state index in [0.717, 1.165) is 32.2 Å². The number of fused-ring (bicyclic) bond motifs is 1. The molecule has 0 aliphatic rings. The van der Waals surface area contributed by atoms with E-state index in [-0.39, 0.29) is 11.7 Å². The average molecular weight is 468 g/mol. The van der Waals surface area contributed by atoms with Crippen LogP contribution in [0.2, 0.25) is 0 Å². The summed E-state index contributed by atoms with van der Waals surface area (Å²) in [5.74, 6) is 1.31. The van der Waals surface area contributed by atoms with Crippen LogP contribution in [0.1, 0.15) is 18.4 Å². The van der Waals surface area contributed by atoms with Crippen molar-refractivity contribution in [1.29, 1.82) is 0 Å². The Hall–Kier alpha value is -2.97. The van der Waals surface area contributed by atoms with E-state index in [9.17, 15) is 9.18 Å². The first-order valence-corrected chi connectivity index (χ1v) is 11.9. The highest BCUT2D eigenvalue weighted by Crippen LogP contribution is 2.32. The Kier molecular flexibility index (Phi) is 7.34. The predicted molar refractivity (Wildman–Crippen MR) is 128 cm³/mol. The number of hydrogen-bond donors (Lipinski definition) is 0. The first-order chi connectivity index (χ1) is 15.6. The second-order valence-corrected chi connectivity index (χ2v) is 9.25. The SMILES string of the molecule is COc1ccc2nc(N(Cc3ccncc3)C(=O)CCCSc3ccc(F)cc3)sc2c1. The summed E-state index contributed by atoms with van der Waals surface area (Å²) in [4.78, 5) is 24.7. The molecular weight excluding hydrogens is 445 g/mol. The number of amides is 1. The van der Waals surface area contributed by atoms with Crippen LogP contribution in [0.4, 0.5) is 9.52 Å². The molecule has 4 aromatic rings. The van der Waals surface area contributed by atoms with E-state index in [0.29, 0.717) is 24.5 Å². The van der Waals surface area contributed by atoms with Crippen molar-refractivity contribution >= 4 is 44.4 Å². The van der Waals surface area contributed by atoms with Crippen molar-refractivity contribution in [3.8, 4) is 5.75 Å².